The molecule has 0 saturated heterocycles. The molecule has 0 saturated carbocycles. The lowest BCUT2D eigenvalue weighted by atomic mass is 10.2. The molecular weight excluding hydrogens is 320 g/mol. The first-order valence-electron chi connectivity index (χ1n) is 5.54. The topological polar surface area (TPSA) is 71.4 Å². The Labute approximate surface area is 124 Å². The number of hydrogen-bond donors (Lipinski definition) is 1. The summed E-state index contributed by atoms with van der Waals surface area (Å²) < 4.78 is 45.6. The Kier molecular flexibility index (Phi) is 4.29. The molecule has 0 spiro atoms. The Morgan fingerprint density at radius 1 is 1.10 bits per heavy atom. The maximum Gasteiger partial charge on any atom is 0.207 e. The van der Waals surface area contributed by atoms with Crippen molar-refractivity contribution in [1.82, 2.24) is 0 Å². The maximum atomic E-state index is 12.5. The van der Waals surface area contributed by atoms with E-state index in [1.54, 1.807) is 13.0 Å². The molecule has 0 amide bonds. The molecule has 0 radical (unpaired) electrons. The van der Waals surface area contributed by atoms with Crippen molar-refractivity contribution in [3.63, 3.8) is 0 Å². The van der Waals surface area contributed by atoms with Gasteiger partial charge in [-0.1, -0.05) is 17.7 Å². The zero-order chi connectivity index (χ0) is 14.9. The van der Waals surface area contributed by atoms with E-state index in [2.05, 4.69) is 0 Å². The van der Waals surface area contributed by atoms with Gasteiger partial charge >= 0.3 is 0 Å². The maximum absolute atomic E-state index is 12.5. The Morgan fingerprint density at radius 2 is 1.70 bits per heavy atom. The van der Waals surface area contributed by atoms with E-state index >= 15 is 0 Å². The van der Waals surface area contributed by atoms with Gasteiger partial charge in [0.2, 0.25) is 9.84 Å². The summed E-state index contributed by atoms with van der Waals surface area (Å²) in [6.45, 7) is 1.71. The molecule has 1 unspecified atom stereocenters. The van der Waals surface area contributed by atoms with Crippen LogP contribution in [0.3, 0.4) is 0 Å². The van der Waals surface area contributed by atoms with Crippen molar-refractivity contribution in [2.45, 2.75) is 21.6 Å². The average molecular weight is 331 g/mol. The summed E-state index contributed by atoms with van der Waals surface area (Å²) >= 11 is 3.35. The largest absolute Gasteiger partial charge is 0.302 e. The van der Waals surface area contributed by atoms with E-state index in [4.69, 9.17) is 11.6 Å². The van der Waals surface area contributed by atoms with Gasteiger partial charge in [0.05, 0.1) is 14.7 Å². The molecule has 1 atom stereocenters. The number of aryl methyl sites for hydroxylation is 1. The molecule has 2 aromatic carbocycles. The second-order valence-corrected chi connectivity index (χ2v) is 7.45. The zero-order valence-corrected chi connectivity index (χ0v) is 12.8. The normalized spacial score (nSPS) is 13.2. The van der Waals surface area contributed by atoms with E-state index < -0.39 is 20.9 Å². The Morgan fingerprint density at radius 3 is 2.25 bits per heavy atom. The van der Waals surface area contributed by atoms with E-state index in [1.807, 2.05) is 0 Å². The van der Waals surface area contributed by atoms with E-state index in [0.717, 1.165) is 0 Å². The quantitative estimate of drug-likeness (QED) is 0.878. The molecular formula is C13H11ClO4S2. The Hall–Kier alpha value is -1.21. The third kappa shape index (κ3) is 2.93. The van der Waals surface area contributed by atoms with Crippen LogP contribution in [0.2, 0.25) is 5.02 Å². The lowest BCUT2D eigenvalue weighted by molar-refractivity contribution is 0.558. The molecule has 20 heavy (non-hydrogen) atoms. The number of hydrogen-bond acceptors (Lipinski definition) is 3. The average Bonchev–Trinajstić information content (AvgIpc) is 2.38. The highest BCUT2D eigenvalue weighted by Crippen LogP contribution is 2.27. The van der Waals surface area contributed by atoms with Crippen LogP contribution in [0.25, 0.3) is 0 Å². The minimum atomic E-state index is -3.87. The minimum Gasteiger partial charge on any atom is -0.302 e. The molecule has 0 aliphatic heterocycles. The first-order valence-corrected chi connectivity index (χ1v) is 8.51. The summed E-state index contributed by atoms with van der Waals surface area (Å²) in [6.07, 6.45) is 0. The fraction of sp³-hybridized carbons (Fsp3) is 0.0769. The van der Waals surface area contributed by atoms with Gasteiger partial charge in [-0.05, 0) is 48.9 Å². The van der Waals surface area contributed by atoms with Gasteiger partial charge in [0.15, 0.2) is 11.1 Å². The molecule has 0 heterocycles. The van der Waals surface area contributed by atoms with Crippen molar-refractivity contribution in [3.8, 4) is 0 Å². The van der Waals surface area contributed by atoms with Crippen LogP contribution in [0.1, 0.15) is 5.56 Å². The third-order valence-corrected chi connectivity index (χ3v) is 5.62. The SMILES string of the molecule is Cc1ccc(S(=O)O)c(S(=O)(=O)c2ccc(Cl)cc2)c1. The third-order valence-electron chi connectivity index (χ3n) is 2.70. The monoisotopic (exact) mass is 330 g/mol. The van der Waals surface area contributed by atoms with E-state index in [9.17, 15) is 17.2 Å². The second-order valence-electron chi connectivity index (χ2n) is 4.16. The zero-order valence-electron chi connectivity index (χ0n) is 10.4. The second kappa shape index (κ2) is 5.65. The summed E-state index contributed by atoms with van der Waals surface area (Å²) in [5.41, 5.74) is 0.687. The van der Waals surface area contributed by atoms with E-state index in [1.165, 1.54) is 36.4 Å². The number of benzene rings is 2. The number of sulfone groups is 1. The van der Waals surface area contributed by atoms with E-state index in [0.29, 0.717) is 10.6 Å². The minimum absolute atomic E-state index is 0.0270. The van der Waals surface area contributed by atoms with Crippen LogP contribution in [0.5, 0.6) is 0 Å². The lowest BCUT2D eigenvalue weighted by Gasteiger charge is -2.09. The molecule has 1 N–H and O–H groups in total. The number of rotatable bonds is 3. The van der Waals surface area contributed by atoms with Crippen LogP contribution in [0.4, 0.5) is 0 Å². The van der Waals surface area contributed by atoms with Crippen LogP contribution in [0.15, 0.2) is 57.2 Å². The van der Waals surface area contributed by atoms with Crippen molar-refractivity contribution in [1.29, 1.82) is 0 Å². The molecule has 0 aliphatic rings. The van der Waals surface area contributed by atoms with Crippen molar-refractivity contribution in [2.24, 2.45) is 0 Å². The van der Waals surface area contributed by atoms with Crippen LogP contribution in [-0.4, -0.2) is 17.2 Å². The van der Waals surface area contributed by atoms with Gasteiger partial charge in [0.25, 0.3) is 0 Å². The highest BCUT2D eigenvalue weighted by Gasteiger charge is 2.23. The highest BCUT2D eigenvalue weighted by molar-refractivity contribution is 7.92. The van der Waals surface area contributed by atoms with Gasteiger partial charge in [-0.3, -0.25) is 0 Å². The fourth-order valence-corrected chi connectivity index (χ4v) is 4.22. The molecule has 2 rings (SSSR count). The van der Waals surface area contributed by atoms with Crippen molar-refractivity contribution >= 4 is 32.5 Å². The standard InChI is InChI=1S/C13H11ClO4S2/c1-9-2-7-12(19(15)16)13(8-9)20(17,18)11-5-3-10(14)4-6-11/h2-8H,1H3,(H,15,16). The Bertz CT molecular complexity index is 767. The molecule has 7 heteroatoms. The number of halogens is 1. The van der Waals surface area contributed by atoms with Gasteiger partial charge in [0, 0.05) is 5.02 Å². The Balaban J connectivity index is 2.68. The summed E-state index contributed by atoms with van der Waals surface area (Å²) in [6, 6.07) is 9.96. The predicted octanol–water partition coefficient (Wildman–Crippen LogP) is 3.06. The van der Waals surface area contributed by atoms with E-state index in [-0.39, 0.29) is 14.7 Å². The first kappa shape index (κ1) is 15.2. The predicted molar refractivity (Wildman–Crippen MR) is 77.1 cm³/mol. The van der Waals surface area contributed by atoms with Gasteiger partial charge in [0.1, 0.15) is 0 Å². The summed E-state index contributed by atoms with van der Waals surface area (Å²) in [5, 5.41) is 0.416. The van der Waals surface area contributed by atoms with Gasteiger partial charge in [-0.15, -0.1) is 0 Å². The van der Waals surface area contributed by atoms with Gasteiger partial charge in [-0.2, -0.15) is 0 Å². The lowest BCUT2D eigenvalue weighted by Crippen LogP contribution is -2.07. The molecule has 4 nitrogen and oxygen atoms in total. The molecule has 0 aromatic heterocycles. The first-order chi connectivity index (χ1) is 9.32. The van der Waals surface area contributed by atoms with Crippen LogP contribution < -0.4 is 0 Å². The van der Waals surface area contributed by atoms with Gasteiger partial charge in [-0.25, -0.2) is 12.6 Å². The van der Waals surface area contributed by atoms with Crippen LogP contribution >= 0.6 is 11.6 Å². The van der Waals surface area contributed by atoms with Crippen molar-refractivity contribution in [2.75, 3.05) is 0 Å². The van der Waals surface area contributed by atoms with Gasteiger partial charge < -0.3 is 4.55 Å². The summed E-state index contributed by atoms with van der Waals surface area (Å²) in [7, 11) is -3.87. The van der Waals surface area contributed by atoms with Crippen LogP contribution in [0, 0.1) is 6.92 Å². The smallest absolute Gasteiger partial charge is 0.207 e. The fourth-order valence-electron chi connectivity index (χ4n) is 1.71. The highest BCUT2D eigenvalue weighted by atomic mass is 35.5. The molecule has 106 valence electrons. The van der Waals surface area contributed by atoms with Crippen molar-refractivity contribution < 1.29 is 17.2 Å². The summed E-state index contributed by atoms with van der Waals surface area (Å²) in [5.74, 6) is 0. The molecule has 0 aliphatic carbocycles. The van der Waals surface area contributed by atoms with Crippen LogP contribution in [-0.2, 0) is 20.9 Å². The molecule has 0 bridgehead atoms. The van der Waals surface area contributed by atoms with Crippen molar-refractivity contribution in [3.05, 3.63) is 53.1 Å². The summed E-state index contributed by atoms with van der Waals surface area (Å²) in [4.78, 5) is -0.273. The molecule has 2 aromatic rings. The molecule has 0 fully saturated rings.